The third-order valence-corrected chi connectivity index (χ3v) is 0.966. The minimum atomic E-state index is -0.308. The average Bonchev–Trinajstić information content (AvgIpc) is 1.41. The molecule has 0 aromatic carbocycles. The molecule has 0 aliphatic heterocycles. The van der Waals surface area contributed by atoms with Gasteiger partial charge < -0.3 is 10.1 Å². The van der Waals surface area contributed by atoms with Crippen LogP contribution in [-0.2, 0) is 4.74 Å². The number of nitrogens with two attached hydrogens (primary N) is 1. The van der Waals surface area contributed by atoms with Crippen LogP contribution in [0.3, 0.4) is 0 Å². The molecule has 0 spiro atoms. The van der Waals surface area contributed by atoms with Crippen molar-refractivity contribution in [1.82, 2.24) is 0 Å². The van der Waals surface area contributed by atoms with Crippen LogP contribution in [0.1, 0.15) is 0 Å². The predicted octanol–water partition coefficient (Wildman–Crippen LogP) is -1.37. The molecule has 2 nitrogen and oxygen atoms in total. The van der Waals surface area contributed by atoms with Crippen LogP contribution in [-0.4, -0.2) is 23.0 Å². The Morgan fingerprint density at radius 2 is 2.60 bits per heavy atom. The van der Waals surface area contributed by atoms with Gasteiger partial charge in [0.15, 0.2) is 0 Å². The summed E-state index contributed by atoms with van der Waals surface area (Å²) < 4.78 is 4.63. The highest BCUT2D eigenvalue weighted by atomic mass is 28.2. The van der Waals surface area contributed by atoms with Gasteiger partial charge in [0.25, 0.3) is 0 Å². The zero-order valence-corrected chi connectivity index (χ0v) is 4.81. The smallest absolute Gasteiger partial charge is 0.118 e. The van der Waals surface area contributed by atoms with Gasteiger partial charge in [0.05, 0.1) is 0 Å². The Morgan fingerprint density at radius 3 is 2.60 bits per heavy atom. The molecule has 2 N–H and O–H groups in total. The van der Waals surface area contributed by atoms with Crippen LogP contribution in [0.2, 0.25) is 0 Å². The zero-order chi connectivity index (χ0) is 4.12. The second kappa shape index (κ2) is 4.14. The van der Waals surface area contributed by atoms with Gasteiger partial charge in [0.2, 0.25) is 0 Å². The monoisotopic (exact) mass is 91.0 g/mol. The molecule has 0 unspecified atom stereocenters. The molecule has 0 aliphatic rings. The van der Waals surface area contributed by atoms with Crippen LogP contribution in [0.25, 0.3) is 0 Å². The van der Waals surface area contributed by atoms with Crippen molar-refractivity contribution >= 4 is 9.68 Å². The number of hydrogen-bond acceptors (Lipinski definition) is 2. The van der Waals surface area contributed by atoms with Gasteiger partial charge in [-0.25, -0.2) is 0 Å². The van der Waals surface area contributed by atoms with Gasteiger partial charge in [-0.3, -0.25) is 0 Å². The highest BCUT2D eigenvalue weighted by molar-refractivity contribution is 6.30. The Bertz CT molecular complexity index is 17.1. The molecule has 0 aromatic heterocycles. The van der Waals surface area contributed by atoms with Gasteiger partial charge >= 0.3 is 0 Å². The van der Waals surface area contributed by atoms with E-state index in [4.69, 9.17) is 5.40 Å². The molecule has 0 heterocycles. The number of methoxy groups -OCH3 is 1. The standard InChI is InChI=1S/C2H9NOSi/c1-4-2-5-3/h2-3,5H2,1H3. The summed E-state index contributed by atoms with van der Waals surface area (Å²) in [6.07, 6.45) is 0.806. The molecular weight excluding hydrogens is 82.1 g/mol. The van der Waals surface area contributed by atoms with E-state index in [-0.39, 0.29) is 9.68 Å². The van der Waals surface area contributed by atoms with E-state index in [0.717, 1.165) is 6.23 Å². The molecule has 0 radical (unpaired) electrons. The van der Waals surface area contributed by atoms with Crippen LogP contribution in [0.15, 0.2) is 0 Å². The lowest BCUT2D eigenvalue weighted by Crippen LogP contribution is -2.11. The quantitative estimate of drug-likeness (QED) is 0.426. The van der Waals surface area contributed by atoms with Gasteiger partial charge in [-0.1, -0.05) is 0 Å². The van der Waals surface area contributed by atoms with E-state index < -0.39 is 0 Å². The maximum absolute atomic E-state index is 5.15. The van der Waals surface area contributed by atoms with Crippen molar-refractivity contribution in [2.45, 2.75) is 0 Å². The van der Waals surface area contributed by atoms with E-state index >= 15 is 0 Å². The zero-order valence-electron chi connectivity index (χ0n) is 3.40. The normalized spacial score (nSPS) is 10.8. The van der Waals surface area contributed by atoms with Crippen LogP contribution >= 0.6 is 0 Å². The third-order valence-electron chi connectivity index (χ3n) is 0.322. The molecular formula is C2H9NOSi. The average molecular weight is 91.2 g/mol. The highest BCUT2D eigenvalue weighted by Gasteiger charge is 1.68. The molecule has 0 saturated heterocycles. The second-order valence-electron chi connectivity index (χ2n) is 0.781. The summed E-state index contributed by atoms with van der Waals surface area (Å²) in [5.41, 5.74) is 0. The fourth-order valence-electron chi connectivity index (χ4n) is 0.118. The minimum absolute atomic E-state index is 0.308. The lowest BCUT2D eigenvalue weighted by molar-refractivity contribution is 0.251. The molecule has 0 aliphatic carbocycles. The van der Waals surface area contributed by atoms with Crippen molar-refractivity contribution in [1.29, 1.82) is 0 Å². The maximum atomic E-state index is 5.15. The van der Waals surface area contributed by atoms with Crippen molar-refractivity contribution in [2.75, 3.05) is 13.3 Å². The van der Waals surface area contributed by atoms with Crippen molar-refractivity contribution in [3.63, 3.8) is 0 Å². The van der Waals surface area contributed by atoms with E-state index in [1.165, 1.54) is 0 Å². The fourth-order valence-corrected chi connectivity index (χ4v) is 0.354. The van der Waals surface area contributed by atoms with Crippen molar-refractivity contribution in [3.05, 3.63) is 0 Å². The van der Waals surface area contributed by atoms with Gasteiger partial charge in [0.1, 0.15) is 9.68 Å². The Kier molecular flexibility index (Phi) is 4.25. The van der Waals surface area contributed by atoms with Crippen LogP contribution in [0.4, 0.5) is 0 Å². The summed E-state index contributed by atoms with van der Waals surface area (Å²) in [5, 5.41) is 5.15. The predicted molar refractivity (Wildman–Crippen MR) is 24.6 cm³/mol. The summed E-state index contributed by atoms with van der Waals surface area (Å²) in [7, 11) is 1.36. The van der Waals surface area contributed by atoms with Crippen LogP contribution in [0, 0.1) is 0 Å². The van der Waals surface area contributed by atoms with Crippen molar-refractivity contribution < 1.29 is 4.74 Å². The highest BCUT2D eigenvalue weighted by Crippen LogP contribution is 1.50. The molecule has 0 atom stereocenters. The topological polar surface area (TPSA) is 35.2 Å². The first-order valence-electron chi connectivity index (χ1n) is 1.61. The summed E-state index contributed by atoms with van der Waals surface area (Å²) in [5.74, 6) is 0. The first-order chi connectivity index (χ1) is 2.41. The second-order valence-corrected chi connectivity index (χ2v) is 1.77. The van der Waals surface area contributed by atoms with E-state index in [1.807, 2.05) is 0 Å². The molecule has 0 aromatic rings. The summed E-state index contributed by atoms with van der Waals surface area (Å²) in [6, 6.07) is 0. The Labute approximate surface area is 34.2 Å². The van der Waals surface area contributed by atoms with Crippen LogP contribution < -0.4 is 5.40 Å². The number of hydrogen-bond donors (Lipinski definition) is 1. The molecule has 32 valence electrons. The molecule has 3 heteroatoms. The largest absolute Gasteiger partial charge is 0.387 e. The summed E-state index contributed by atoms with van der Waals surface area (Å²) >= 11 is 0. The lowest BCUT2D eigenvalue weighted by atomic mass is 11.5. The fraction of sp³-hybridized carbons (Fsp3) is 1.00. The Balaban J connectivity index is 2.19. The molecule has 0 amide bonds. The van der Waals surface area contributed by atoms with E-state index in [9.17, 15) is 0 Å². The molecule has 0 bridgehead atoms. The molecule has 0 fully saturated rings. The summed E-state index contributed by atoms with van der Waals surface area (Å²) in [4.78, 5) is 0. The van der Waals surface area contributed by atoms with Gasteiger partial charge in [-0.15, -0.1) is 0 Å². The number of ether oxygens (including phenoxy) is 1. The minimum Gasteiger partial charge on any atom is -0.387 e. The Morgan fingerprint density at radius 1 is 2.00 bits per heavy atom. The van der Waals surface area contributed by atoms with Crippen LogP contribution in [0.5, 0.6) is 0 Å². The van der Waals surface area contributed by atoms with Gasteiger partial charge in [0, 0.05) is 13.3 Å². The summed E-state index contributed by atoms with van der Waals surface area (Å²) in [6.45, 7) is 0. The number of rotatable bonds is 2. The molecule has 0 rings (SSSR count). The first kappa shape index (κ1) is 5.14. The Hall–Kier alpha value is 0.137. The van der Waals surface area contributed by atoms with Gasteiger partial charge in [-0.05, 0) is 0 Å². The van der Waals surface area contributed by atoms with E-state index in [2.05, 4.69) is 4.74 Å². The van der Waals surface area contributed by atoms with E-state index in [0.29, 0.717) is 0 Å². The molecule has 5 heavy (non-hydrogen) atoms. The lowest BCUT2D eigenvalue weighted by Gasteiger charge is -1.83. The van der Waals surface area contributed by atoms with E-state index in [1.54, 1.807) is 7.11 Å². The first-order valence-corrected chi connectivity index (χ1v) is 3.42. The maximum Gasteiger partial charge on any atom is 0.118 e. The van der Waals surface area contributed by atoms with Crippen molar-refractivity contribution in [2.24, 2.45) is 5.40 Å². The van der Waals surface area contributed by atoms with Gasteiger partial charge in [-0.2, -0.15) is 0 Å². The molecule has 0 saturated carbocycles. The SMILES string of the molecule is COC[SiH2]N. The van der Waals surface area contributed by atoms with Crippen molar-refractivity contribution in [3.8, 4) is 0 Å². The third kappa shape index (κ3) is 4.14.